The highest BCUT2D eigenvalue weighted by Crippen LogP contribution is 2.28. The molecular formula is C11H16N2. The van der Waals surface area contributed by atoms with Crippen molar-refractivity contribution in [3.8, 4) is 0 Å². The van der Waals surface area contributed by atoms with Crippen LogP contribution in [0.3, 0.4) is 0 Å². The van der Waals surface area contributed by atoms with Crippen LogP contribution in [-0.4, -0.2) is 0 Å². The molecule has 2 heteroatoms. The number of rotatable bonds is 2. The van der Waals surface area contributed by atoms with E-state index in [1.807, 2.05) is 13.0 Å². The SMILES string of the molecule is C=Cc1c(N)c(C)cc(CC)c1N. The van der Waals surface area contributed by atoms with Crippen molar-refractivity contribution in [2.75, 3.05) is 11.5 Å². The molecule has 0 saturated carbocycles. The Kier molecular flexibility index (Phi) is 2.61. The molecular weight excluding hydrogens is 160 g/mol. The van der Waals surface area contributed by atoms with Gasteiger partial charge in [-0.3, -0.25) is 0 Å². The monoisotopic (exact) mass is 176 g/mol. The van der Waals surface area contributed by atoms with Crippen LogP contribution in [0.5, 0.6) is 0 Å². The molecule has 1 aromatic rings. The highest BCUT2D eigenvalue weighted by Gasteiger charge is 2.07. The molecule has 70 valence electrons. The molecule has 0 unspecified atom stereocenters. The molecule has 2 nitrogen and oxygen atoms in total. The molecule has 0 aliphatic rings. The summed E-state index contributed by atoms with van der Waals surface area (Å²) in [7, 11) is 0. The Bertz CT molecular complexity index is 340. The third kappa shape index (κ3) is 1.52. The fraction of sp³-hybridized carbons (Fsp3) is 0.273. The summed E-state index contributed by atoms with van der Waals surface area (Å²) in [5, 5.41) is 0. The van der Waals surface area contributed by atoms with Crippen molar-refractivity contribution >= 4 is 17.5 Å². The molecule has 4 N–H and O–H groups in total. The van der Waals surface area contributed by atoms with Gasteiger partial charge in [0, 0.05) is 16.9 Å². The number of anilines is 2. The summed E-state index contributed by atoms with van der Waals surface area (Å²) in [6, 6.07) is 2.04. The number of nitrogen functional groups attached to an aromatic ring is 2. The first-order valence-electron chi connectivity index (χ1n) is 4.41. The minimum Gasteiger partial charge on any atom is -0.398 e. The van der Waals surface area contributed by atoms with Gasteiger partial charge in [-0.15, -0.1) is 0 Å². The first-order chi connectivity index (χ1) is 6.11. The summed E-state index contributed by atoms with van der Waals surface area (Å²) in [4.78, 5) is 0. The lowest BCUT2D eigenvalue weighted by atomic mass is 9.99. The van der Waals surface area contributed by atoms with Crippen LogP contribution in [0.25, 0.3) is 6.08 Å². The molecule has 0 bridgehead atoms. The van der Waals surface area contributed by atoms with E-state index in [1.165, 1.54) is 0 Å². The van der Waals surface area contributed by atoms with Gasteiger partial charge in [0.15, 0.2) is 0 Å². The second-order valence-electron chi connectivity index (χ2n) is 3.15. The normalized spacial score (nSPS) is 10.0. The summed E-state index contributed by atoms with van der Waals surface area (Å²) in [5.74, 6) is 0. The van der Waals surface area contributed by atoms with Gasteiger partial charge in [-0.25, -0.2) is 0 Å². The van der Waals surface area contributed by atoms with Gasteiger partial charge in [-0.05, 0) is 24.5 Å². The number of aryl methyl sites for hydroxylation is 2. The van der Waals surface area contributed by atoms with Gasteiger partial charge in [-0.2, -0.15) is 0 Å². The minimum absolute atomic E-state index is 0.740. The molecule has 0 aliphatic carbocycles. The third-order valence-electron chi connectivity index (χ3n) is 2.33. The Morgan fingerprint density at radius 3 is 2.46 bits per heavy atom. The molecule has 1 aromatic carbocycles. The standard InChI is InChI=1S/C11H16N2/c1-4-8-6-7(3)10(12)9(5-2)11(8)13/h5-6H,2,4,12-13H2,1,3H3. The molecule has 0 saturated heterocycles. The number of benzene rings is 1. The van der Waals surface area contributed by atoms with E-state index in [9.17, 15) is 0 Å². The highest BCUT2D eigenvalue weighted by molar-refractivity contribution is 5.79. The molecule has 0 amide bonds. The van der Waals surface area contributed by atoms with Crippen LogP contribution in [-0.2, 0) is 6.42 Å². The van der Waals surface area contributed by atoms with E-state index in [-0.39, 0.29) is 0 Å². The second-order valence-corrected chi connectivity index (χ2v) is 3.15. The van der Waals surface area contributed by atoms with Crippen LogP contribution in [0.2, 0.25) is 0 Å². The Hall–Kier alpha value is -1.44. The van der Waals surface area contributed by atoms with Crippen LogP contribution in [0.4, 0.5) is 11.4 Å². The Labute approximate surface area is 79.2 Å². The van der Waals surface area contributed by atoms with E-state index in [2.05, 4.69) is 13.5 Å². The predicted octanol–water partition coefficient (Wildman–Crippen LogP) is 2.36. The molecule has 1 rings (SSSR count). The molecule has 0 radical (unpaired) electrons. The van der Waals surface area contributed by atoms with Crippen molar-refractivity contribution in [3.63, 3.8) is 0 Å². The van der Waals surface area contributed by atoms with Gasteiger partial charge in [-0.1, -0.05) is 25.6 Å². The number of hydrogen-bond donors (Lipinski definition) is 2. The fourth-order valence-electron chi connectivity index (χ4n) is 1.46. The largest absolute Gasteiger partial charge is 0.398 e. The Morgan fingerprint density at radius 1 is 1.38 bits per heavy atom. The first-order valence-corrected chi connectivity index (χ1v) is 4.41. The van der Waals surface area contributed by atoms with Crippen molar-refractivity contribution in [2.24, 2.45) is 0 Å². The Balaban J connectivity index is 3.47. The van der Waals surface area contributed by atoms with Gasteiger partial charge in [0.25, 0.3) is 0 Å². The number of nitrogens with two attached hydrogens (primary N) is 2. The van der Waals surface area contributed by atoms with Gasteiger partial charge < -0.3 is 11.5 Å². The van der Waals surface area contributed by atoms with E-state index in [0.717, 1.165) is 34.5 Å². The lowest BCUT2D eigenvalue weighted by molar-refractivity contribution is 1.14. The van der Waals surface area contributed by atoms with E-state index in [1.54, 1.807) is 6.08 Å². The second kappa shape index (κ2) is 3.52. The average Bonchev–Trinajstić information content (AvgIpc) is 2.12. The zero-order chi connectivity index (χ0) is 10.0. The smallest absolute Gasteiger partial charge is 0.0440 e. The molecule has 0 spiro atoms. The maximum Gasteiger partial charge on any atom is 0.0440 e. The van der Waals surface area contributed by atoms with E-state index in [4.69, 9.17) is 11.5 Å². The maximum absolute atomic E-state index is 5.92. The molecule has 0 heterocycles. The molecule has 0 aromatic heterocycles. The molecule has 0 atom stereocenters. The summed E-state index contributed by atoms with van der Waals surface area (Å²) >= 11 is 0. The quantitative estimate of drug-likeness (QED) is 0.680. The fourth-order valence-corrected chi connectivity index (χ4v) is 1.46. The van der Waals surface area contributed by atoms with E-state index in [0.29, 0.717) is 0 Å². The van der Waals surface area contributed by atoms with Crippen molar-refractivity contribution in [2.45, 2.75) is 20.3 Å². The number of hydrogen-bond acceptors (Lipinski definition) is 2. The maximum atomic E-state index is 5.92. The van der Waals surface area contributed by atoms with Crippen LogP contribution in [0, 0.1) is 6.92 Å². The van der Waals surface area contributed by atoms with Gasteiger partial charge in [0.2, 0.25) is 0 Å². The van der Waals surface area contributed by atoms with Crippen molar-refractivity contribution in [3.05, 3.63) is 29.3 Å². The van der Waals surface area contributed by atoms with E-state index >= 15 is 0 Å². The predicted molar refractivity (Wildman–Crippen MR) is 59.5 cm³/mol. The topological polar surface area (TPSA) is 52.0 Å². The van der Waals surface area contributed by atoms with Crippen LogP contribution in [0.1, 0.15) is 23.6 Å². The summed E-state index contributed by atoms with van der Waals surface area (Å²) in [6.45, 7) is 7.77. The summed E-state index contributed by atoms with van der Waals surface area (Å²) in [5.41, 5.74) is 16.4. The van der Waals surface area contributed by atoms with Crippen molar-refractivity contribution in [1.29, 1.82) is 0 Å². The van der Waals surface area contributed by atoms with Crippen molar-refractivity contribution < 1.29 is 0 Å². The van der Waals surface area contributed by atoms with Crippen LogP contribution in [0.15, 0.2) is 12.6 Å². The average molecular weight is 176 g/mol. The van der Waals surface area contributed by atoms with Gasteiger partial charge in [0.05, 0.1) is 0 Å². The van der Waals surface area contributed by atoms with Crippen LogP contribution < -0.4 is 11.5 Å². The summed E-state index contributed by atoms with van der Waals surface area (Å²) in [6.07, 6.45) is 2.64. The Morgan fingerprint density at radius 2 is 2.00 bits per heavy atom. The zero-order valence-corrected chi connectivity index (χ0v) is 8.22. The van der Waals surface area contributed by atoms with Crippen molar-refractivity contribution in [1.82, 2.24) is 0 Å². The van der Waals surface area contributed by atoms with Crippen LogP contribution >= 0.6 is 0 Å². The zero-order valence-electron chi connectivity index (χ0n) is 8.22. The molecule has 0 fully saturated rings. The molecule has 13 heavy (non-hydrogen) atoms. The molecule has 0 aliphatic heterocycles. The van der Waals surface area contributed by atoms with Gasteiger partial charge >= 0.3 is 0 Å². The summed E-state index contributed by atoms with van der Waals surface area (Å²) < 4.78 is 0. The highest BCUT2D eigenvalue weighted by atomic mass is 14.6. The third-order valence-corrected chi connectivity index (χ3v) is 2.33. The van der Waals surface area contributed by atoms with Gasteiger partial charge in [0.1, 0.15) is 0 Å². The van der Waals surface area contributed by atoms with E-state index < -0.39 is 0 Å². The minimum atomic E-state index is 0.740. The first kappa shape index (κ1) is 9.65. The lowest BCUT2D eigenvalue weighted by Crippen LogP contribution is -2.02. The lowest BCUT2D eigenvalue weighted by Gasteiger charge is -2.12.